The summed E-state index contributed by atoms with van der Waals surface area (Å²) in [4.78, 5) is 11.4. The molecule has 0 saturated heterocycles. The zero-order chi connectivity index (χ0) is 30.8. The molecule has 0 N–H and O–H groups in total. The third kappa shape index (κ3) is 24.6. The summed E-state index contributed by atoms with van der Waals surface area (Å²) in [6.45, 7) is 14.6. The average molecular weight is 705 g/mol. The molecule has 3 aromatic rings. The van der Waals surface area contributed by atoms with E-state index in [0.29, 0.717) is 25.6 Å². The topological polar surface area (TPSA) is 44.8 Å². The minimum absolute atomic E-state index is 0. The van der Waals surface area contributed by atoms with E-state index >= 15 is 0 Å². The maximum Gasteiger partial charge on any atom is 0.306 e. The van der Waals surface area contributed by atoms with Gasteiger partial charge in [0.2, 0.25) is 0 Å². The van der Waals surface area contributed by atoms with Gasteiger partial charge in [0.25, 0.3) is 0 Å². The second-order valence-corrected chi connectivity index (χ2v) is 11.5. The lowest BCUT2D eigenvalue weighted by Crippen LogP contribution is -2.08. The molecule has 0 heterocycles. The summed E-state index contributed by atoms with van der Waals surface area (Å²) >= 11 is 0. The summed E-state index contributed by atoms with van der Waals surface area (Å²) in [6.07, 6.45) is 8.47. The minimum atomic E-state index is -0.0714. The van der Waals surface area contributed by atoms with Crippen LogP contribution in [0.25, 0.3) is 0 Å². The summed E-state index contributed by atoms with van der Waals surface area (Å²) in [6, 6.07) is 28.2. The number of benzene rings is 3. The van der Waals surface area contributed by atoms with Gasteiger partial charge in [0.05, 0.1) is 13.2 Å². The van der Waals surface area contributed by atoms with Crippen molar-refractivity contribution in [2.24, 2.45) is 11.8 Å². The highest BCUT2D eigenvalue weighted by Crippen LogP contribution is 2.19. The highest BCUT2D eigenvalue weighted by atomic mass is 127. The lowest BCUT2D eigenvalue weighted by Gasteiger charge is -2.09. The SMILES string of the molecule is CC(C)CC(=O)OCCCCCCCCOc1ccc(OCc2ccccc2)cc1.CCC(C)C.Cc1ccccc1.I. The molecule has 0 bridgehead atoms. The van der Waals surface area contributed by atoms with E-state index in [1.165, 1.54) is 24.8 Å². The van der Waals surface area contributed by atoms with Crippen LogP contribution >= 0.6 is 24.0 Å². The Morgan fingerprint density at radius 2 is 1.09 bits per heavy atom. The predicted molar refractivity (Wildman–Crippen MR) is 193 cm³/mol. The van der Waals surface area contributed by atoms with Crippen LogP contribution in [0, 0.1) is 18.8 Å². The first-order valence-corrected chi connectivity index (χ1v) is 15.9. The Morgan fingerprint density at radius 1 is 0.628 bits per heavy atom. The normalized spacial score (nSPS) is 10.0. The summed E-state index contributed by atoms with van der Waals surface area (Å²) < 4.78 is 16.8. The van der Waals surface area contributed by atoms with E-state index in [9.17, 15) is 4.79 Å². The highest BCUT2D eigenvalue weighted by molar-refractivity contribution is 14.0. The van der Waals surface area contributed by atoms with Crippen LogP contribution in [0.1, 0.15) is 97.1 Å². The van der Waals surface area contributed by atoms with E-state index in [-0.39, 0.29) is 29.9 Å². The highest BCUT2D eigenvalue weighted by Gasteiger charge is 2.05. The van der Waals surface area contributed by atoms with Crippen molar-refractivity contribution in [3.8, 4) is 11.5 Å². The molecule has 240 valence electrons. The monoisotopic (exact) mass is 704 g/mol. The zero-order valence-corrected chi connectivity index (χ0v) is 29.9. The third-order valence-electron chi connectivity index (χ3n) is 6.47. The third-order valence-corrected chi connectivity index (χ3v) is 6.47. The first-order valence-electron chi connectivity index (χ1n) is 15.9. The average Bonchev–Trinajstić information content (AvgIpc) is 2.99. The maximum atomic E-state index is 11.4. The van der Waals surface area contributed by atoms with Crippen LogP contribution in [0.4, 0.5) is 0 Å². The van der Waals surface area contributed by atoms with E-state index in [4.69, 9.17) is 14.2 Å². The minimum Gasteiger partial charge on any atom is -0.494 e. The van der Waals surface area contributed by atoms with Crippen molar-refractivity contribution >= 4 is 29.9 Å². The van der Waals surface area contributed by atoms with E-state index in [0.717, 1.165) is 55.3 Å². The van der Waals surface area contributed by atoms with Crippen molar-refractivity contribution in [1.29, 1.82) is 0 Å². The molecule has 0 atom stereocenters. The summed E-state index contributed by atoms with van der Waals surface area (Å²) in [7, 11) is 0. The quantitative estimate of drug-likeness (QED) is 0.0846. The van der Waals surface area contributed by atoms with Gasteiger partial charge in [-0.05, 0) is 61.4 Å². The molecule has 4 nitrogen and oxygen atoms in total. The lowest BCUT2D eigenvalue weighted by molar-refractivity contribution is -0.144. The Morgan fingerprint density at radius 3 is 1.56 bits per heavy atom. The number of hydrogen-bond acceptors (Lipinski definition) is 4. The zero-order valence-electron chi connectivity index (χ0n) is 27.6. The summed E-state index contributed by atoms with van der Waals surface area (Å²) in [5, 5.41) is 0. The first kappa shape index (κ1) is 40.5. The number of aryl methyl sites for hydroxylation is 1. The van der Waals surface area contributed by atoms with Gasteiger partial charge in [-0.2, -0.15) is 0 Å². The number of unbranched alkanes of at least 4 members (excludes halogenated alkanes) is 5. The van der Waals surface area contributed by atoms with Gasteiger partial charge in [-0.3, -0.25) is 4.79 Å². The fourth-order valence-electron chi connectivity index (χ4n) is 3.59. The maximum absolute atomic E-state index is 11.4. The standard InChI is InChI=1S/C26H36O4.C7H8.C5H12.HI/c1-22(2)20-26(27)29-19-11-6-4-3-5-10-18-28-24-14-16-25(17-15-24)30-21-23-12-8-7-9-13-23;1-7-5-3-2-4-6-7;1-4-5(2)3;/h7-9,12-17,22H,3-6,10-11,18-21H2,1-2H3;2-6H,1H3;5H,4H2,1-3H3;1H. The van der Waals surface area contributed by atoms with Gasteiger partial charge >= 0.3 is 5.97 Å². The van der Waals surface area contributed by atoms with Gasteiger partial charge in [0.15, 0.2) is 0 Å². The van der Waals surface area contributed by atoms with Gasteiger partial charge in [-0.25, -0.2) is 0 Å². The van der Waals surface area contributed by atoms with E-state index in [2.05, 4.69) is 52.0 Å². The number of rotatable bonds is 16. The molecular formula is C38H57IO4. The smallest absolute Gasteiger partial charge is 0.306 e. The number of carbonyl (C=O) groups is 1. The van der Waals surface area contributed by atoms with Crippen LogP contribution in [0.2, 0.25) is 0 Å². The Bertz CT molecular complexity index is 1020. The molecule has 0 radical (unpaired) electrons. The van der Waals surface area contributed by atoms with E-state index < -0.39 is 0 Å². The molecule has 0 aliphatic heterocycles. The molecule has 43 heavy (non-hydrogen) atoms. The predicted octanol–water partition coefficient (Wildman–Crippen LogP) is 11.2. The summed E-state index contributed by atoms with van der Waals surface area (Å²) in [5.41, 5.74) is 2.48. The number of ether oxygens (including phenoxy) is 3. The van der Waals surface area contributed by atoms with Crippen LogP contribution in [0.3, 0.4) is 0 Å². The van der Waals surface area contributed by atoms with Crippen LogP contribution < -0.4 is 9.47 Å². The summed E-state index contributed by atoms with van der Waals surface area (Å²) in [5.74, 6) is 2.91. The number of esters is 1. The van der Waals surface area contributed by atoms with Crippen molar-refractivity contribution in [1.82, 2.24) is 0 Å². The molecule has 0 spiro atoms. The first-order chi connectivity index (χ1) is 20.3. The van der Waals surface area contributed by atoms with Crippen molar-refractivity contribution in [2.75, 3.05) is 13.2 Å². The molecule has 0 saturated carbocycles. The van der Waals surface area contributed by atoms with E-state index in [1.54, 1.807) is 0 Å². The van der Waals surface area contributed by atoms with Gasteiger partial charge < -0.3 is 14.2 Å². The van der Waals surface area contributed by atoms with Crippen molar-refractivity contribution in [3.63, 3.8) is 0 Å². The molecule has 0 fully saturated rings. The van der Waals surface area contributed by atoms with Crippen molar-refractivity contribution < 1.29 is 19.0 Å². The molecule has 0 aromatic heterocycles. The molecule has 0 amide bonds. The lowest BCUT2D eigenvalue weighted by atomic mass is 10.1. The van der Waals surface area contributed by atoms with Crippen molar-refractivity contribution in [3.05, 3.63) is 96.1 Å². The Kier molecular flexibility index (Phi) is 25.4. The second kappa shape index (κ2) is 27.0. The molecule has 3 aromatic carbocycles. The number of halogens is 1. The van der Waals surface area contributed by atoms with Gasteiger partial charge in [-0.1, -0.05) is 133 Å². The molecule has 5 heteroatoms. The van der Waals surface area contributed by atoms with Crippen molar-refractivity contribution in [2.45, 2.75) is 99.5 Å². The Labute approximate surface area is 280 Å². The largest absolute Gasteiger partial charge is 0.494 e. The Hall–Kier alpha value is -2.54. The second-order valence-electron chi connectivity index (χ2n) is 11.5. The number of carbonyl (C=O) groups excluding carboxylic acids is 1. The fraction of sp³-hybridized carbons (Fsp3) is 0.500. The van der Waals surface area contributed by atoms with Gasteiger partial charge in [-0.15, -0.1) is 24.0 Å². The van der Waals surface area contributed by atoms with Crippen LogP contribution in [0.15, 0.2) is 84.9 Å². The van der Waals surface area contributed by atoms with Gasteiger partial charge in [0, 0.05) is 6.42 Å². The van der Waals surface area contributed by atoms with Crippen LogP contribution in [0.5, 0.6) is 11.5 Å². The van der Waals surface area contributed by atoms with Crippen LogP contribution in [-0.2, 0) is 16.1 Å². The molecule has 3 rings (SSSR count). The molecule has 0 unspecified atom stereocenters. The molecular weight excluding hydrogens is 647 g/mol. The number of hydrogen-bond donors (Lipinski definition) is 0. The van der Waals surface area contributed by atoms with Gasteiger partial charge in [0.1, 0.15) is 18.1 Å². The molecule has 0 aliphatic carbocycles. The van der Waals surface area contributed by atoms with Crippen LogP contribution in [-0.4, -0.2) is 19.2 Å². The van der Waals surface area contributed by atoms with E-state index in [1.807, 2.05) is 74.5 Å². The molecule has 0 aliphatic rings. The Balaban J connectivity index is 0.00000113. The fourth-order valence-corrected chi connectivity index (χ4v) is 3.59.